The predicted molar refractivity (Wildman–Crippen MR) is 80.0 cm³/mol. The van der Waals surface area contributed by atoms with Crippen molar-refractivity contribution in [1.29, 1.82) is 0 Å². The Morgan fingerprint density at radius 1 is 1.43 bits per heavy atom. The zero-order chi connectivity index (χ0) is 16.9. The Labute approximate surface area is 133 Å². The summed E-state index contributed by atoms with van der Waals surface area (Å²) in [6.07, 6.45) is -0.111. The molecule has 1 aromatic heterocycles. The summed E-state index contributed by atoms with van der Waals surface area (Å²) in [7, 11) is 0. The fourth-order valence-corrected chi connectivity index (χ4v) is 2.62. The Hall–Kier alpha value is -1.83. The Morgan fingerprint density at radius 2 is 2.22 bits per heavy atom. The molecule has 1 fully saturated rings. The number of hydrogen-bond acceptors (Lipinski definition) is 3. The Kier molecular flexibility index (Phi) is 5.81. The van der Waals surface area contributed by atoms with Crippen LogP contribution >= 0.6 is 0 Å². The zero-order valence-electron chi connectivity index (χ0n) is 13.0. The maximum atomic E-state index is 12.5. The maximum Gasteiger partial charge on any atom is 0.401 e. The van der Waals surface area contributed by atoms with E-state index in [1.165, 1.54) is 4.90 Å². The van der Waals surface area contributed by atoms with Gasteiger partial charge in [0.1, 0.15) is 0 Å². The molecule has 0 saturated carbocycles. The van der Waals surface area contributed by atoms with Crippen LogP contribution in [0.5, 0.6) is 0 Å². The Bertz CT molecular complexity index is 509. The lowest BCUT2D eigenvalue weighted by molar-refractivity contribution is -0.153. The minimum absolute atomic E-state index is 0.229. The summed E-state index contributed by atoms with van der Waals surface area (Å²) in [6.45, 7) is 2.10. The first kappa shape index (κ1) is 17.5. The topological polar surface area (TPSA) is 48.5 Å². The molecule has 128 valence electrons. The third-order valence-corrected chi connectivity index (χ3v) is 3.85. The lowest BCUT2D eigenvalue weighted by Crippen LogP contribution is -2.57. The van der Waals surface area contributed by atoms with E-state index in [1.807, 2.05) is 12.1 Å². The van der Waals surface area contributed by atoms with E-state index in [0.29, 0.717) is 26.1 Å². The van der Waals surface area contributed by atoms with Crippen LogP contribution in [0.2, 0.25) is 0 Å². The monoisotopic (exact) mass is 330 g/mol. The van der Waals surface area contributed by atoms with Crippen molar-refractivity contribution >= 4 is 6.03 Å². The Morgan fingerprint density at radius 3 is 2.83 bits per heavy atom. The molecule has 0 radical (unpaired) electrons. The third-order valence-electron chi connectivity index (χ3n) is 3.85. The van der Waals surface area contributed by atoms with Gasteiger partial charge >= 0.3 is 12.2 Å². The highest BCUT2D eigenvalue weighted by atomic mass is 19.4. The molecule has 2 amide bonds. The lowest BCUT2D eigenvalue weighted by Gasteiger charge is -2.39. The fourth-order valence-electron chi connectivity index (χ4n) is 2.62. The van der Waals surface area contributed by atoms with Crippen LogP contribution in [0.1, 0.15) is 12.5 Å². The van der Waals surface area contributed by atoms with Crippen LogP contribution in [0.15, 0.2) is 24.5 Å². The number of carbonyl (C=O) groups excluding carboxylic acids is 1. The molecule has 1 atom stereocenters. The van der Waals surface area contributed by atoms with E-state index in [1.54, 1.807) is 24.2 Å². The number of carbonyl (C=O) groups is 1. The summed E-state index contributed by atoms with van der Waals surface area (Å²) in [6, 6.07) is 3.22. The second-order valence-corrected chi connectivity index (χ2v) is 5.72. The molecular formula is C15H21F3N4O. The standard InChI is InChI=1S/C15H21F3N4O/c1-12-10-21(7-8-22(12)11-15(16,17)18)14(23)20-6-4-13-3-2-5-19-9-13/h2-3,5,9,12H,4,6-8,10-11H2,1H3,(H,20,23)/t12-/m1/s1. The van der Waals surface area contributed by atoms with Gasteiger partial charge in [0.2, 0.25) is 0 Å². The number of pyridine rings is 1. The molecule has 1 aliphatic heterocycles. The first-order valence-corrected chi connectivity index (χ1v) is 7.57. The van der Waals surface area contributed by atoms with E-state index in [2.05, 4.69) is 10.3 Å². The lowest BCUT2D eigenvalue weighted by atomic mass is 10.2. The van der Waals surface area contributed by atoms with Crippen molar-refractivity contribution in [3.05, 3.63) is 30.1 Å². The zero-order valence-corrected chi connectivity index (χ0v) is 13.0. The molecule has 0 spiro atoms. The first-order chi connectivity index (χ1) is 10.8. The predicted octanol–water partition coefficient (Wildman–Crippen LogP) is 1.90. The minimum Gasteiger partial charge on any atom is -0.338 e. The second kappa shape index (κ2) is 7.63. The van der Waals surface area contributed by atoms with E-state index < -0.39 is 12.7 Å². The van der Waals surface area contributed by atoms with Crippen LogP contribution < -0.4 is 5.32 Å². The second-order valence-electron chi connectivity index (χ2n) is 5.72. The number of urea groups is 1. The molecule has 1 saturated heterocycles. The molecule has 1 N–H and O–H groups in total. The van der Waals surface area contributed by atoms with Gasteiger partial charge in [-0.25, -0.2) is 4.79 Å². The number of amides is 2. The van der Waals surface area contributed by atoms with Crippen LogP contribution in [0.25, 0.3) is 0 Å². The number of aromatic nitrogens is 1. The first-order valence-electron chi connectivity index (χ1n) is 7.57. The van der Waals surface area contributed by atoms with Gasteiger partial charge in [-0.15, -0.1) is 0 Å². The largest absolute Gasteiger partial charge is 0.401 e. The normalized spacial score (nSPS) is 19.7. The number of halogens is 3. The molecule has 2 heterocycles. The highest BCUT2D eigenvalue weighted by molar-refractivity contribution is 5.74. The third kappa shape index (κ3) is 5.70. The van der Waals surface area contributed by atoms with Gasteiger partial charge in [0, 0.05) is 44.6 Å². The van der Waals surface area contributed by atoms with Crippen molar-refractivity contribution in [2.24, 2.45) is 0 Å². The Balaban J connectivity index is 1.74. The minimum atomic E-state index is -4.21. The number of rotatable bonds is 4. The van der Waals surface area contributed by atoms with Crippen molar-refractivity contribution in [3.8, 4) is 0 Å². The van der Waals surface area contributed by atoms with Crippen molar-refractivity contribution < 1.29 is 18.0 Å². The highest BCUT2D eigenvalue weighted by Crippen LogP contribution is 2.20. The summed E-state index contributed by atoms with van der Waals surface area (Å²) in [5, 5.41) is 2.80. The molecule has 8 heteroatoms. The number of piperazine rings is 1. The average molecular weight is 330 g/mol. The average Bonchev–Trinajstić information content (AvgIpc) is 2.49. The van der Waals surface area contributed by atoms with Crippen molar-refractivity contribution in [2.75, 3.05) is 32.7 Å². The summed E-state index contributed by atoms with van der Waals surface area (Å²) in [4.78, 5) is 19.0. The molecule has 0 aromatic carbocycles. The van der Waals surface area contributed by atoms with E-state index in [0.717, 1.165) is 5.56 Å². The van der Waals surface area contributed by atoms with Gasteiger partial charge in [0.15, 0.2) is 0 Å². The van der Waals surface area contributed by atoms with Crippen LogP contribution in [-0.4, -0.2) is 65.8 Å². The van der Waals surface area contributed by atoms with Gasteiger partial charge in [-0.3, -0.25) is 9.88 Å². The van der Waals surface area contributed by atoms with Crippen LogP contribution in [-0.2, 0) is 6.42 Å². The molecule has 1 aromatic rings. The number of nitrogens with zero attached hydrogens (tertiary/aromatic N) is 3. The smallest absolute Gasteiger partial charge is 0.338 e. The van der Waals surface area contributed by atoms with E-state index in [9.17, 15) is 18.0 Å². The molecule has 0 aliphatic carbocycles. The quantitative estimate of drug-likeness (QED) is 0.917. The van der Waals surface area contributed by atoms with Crippen molar-refractivity contribution in [1.82, 2.24) is 20.1 Å². The van der Waals surface area contributed by atoms with Crippen molar-refractivity contribution in [3.63, 3.8) is 0 Å². The van der Waals surface area contributed by atoms with Gasteiger partial charge < -0.3 is 10.2 Å². The summed E-state index contributed by atoms with van der Waals surface area (Å²) in [5.41, 5.74) is 1.02. The number of alkyl halides is 3. The van der Waals surface area contributed by atoms with E-state index in [-0.39, 0.29) is 18.6 Å². The summed E-state index contributed by atoms with van der Waals surface area (Å²) in [5.74, 6) is 0. The van der Waals surface area contributed by atoms with Gasteiger partial charge in [-0.1, -0.05) is 6.07 Å². The maximum absolute atomic E-state index is 12.5. The molecule has 5 nitrogen and oxygen atoms in total. The van der Waals surface area contributed by atoms with Crippen LogP contribution in [0.4, 0.5) is 18.0 Å². The molecular weight excluding hydrogens is 309 g/mol. The van der Waals surface area contributed by atoms with E-state index in [4.69, 9.17) is 0 Å². The molecule has 1 aliphatic rings. The van der Waals surface area contributed by atoms with Gasteiger partial charge in [-0.05, 0) is 25.0 Å². The summed E-state index contributed by atoms with van der Waals surface area (Å²) < 4.78 is 37.4. The van der Waals surface area contributed by atoms with E-state index >= 15 is 0 Å². The van der Waals surface area contributed by atoms with Gasteiger partial charge in [0.05, 0.1) is 6.54 Å². The van der Waals surface area contributed by atoms with Crippen LogP contribution in [0.3, 0.4) is 0 Å². The van der Waals surface area contributed by atoms with Crippen molar-refractivity contribution in [2.45, 2.75) is 25.6 Å². The molecule has 2 rings (SSSR count). The molecule has 23 heavy (non-hydrogen) atoms. The molecule has 0 unspecified atom stereocenters. The number of nitrogens with one attached hydrogen (secondary N) is 1. The summed E-state index contributed by atoms with van der Waals surface area (Å²) >= 11 is 0. The van der Waals surface area contributed by atoms with Crippen LogP contribution in [0, 0.1) is 0 Å². The SMILES string of the molecule is C[C@@H]1CN(C(=O)NCCc2cccnc2)CCN1CC(F)(F)F. The number of hydrogen-bond donors (Lipinski definition) is 1. The fraction of sp³-hybridized carbons (Fsp3) is 0.600. The highest BCUT2D eigenvalue weighted by Gasteiger charge is 2.35. The van der Waals surface area contributed by atoms with Gasteiger partial charge in [-0.2, -0.15) is 13.2 Å². The molecule has 0 bridgehead atoms. The van der Waals surface area contributed by atoms with Gasteiger partial charge in [0.25, 0.3) is 0 Å².